The van der Waals surface area contributed by atoms with Gasteiger partial charge in [0, 0.05) is 23.4 Å². The summed E-state index contributed by atoms with van der Waals surface area (Å²) in [4.78, 5) is 40.9. The highest BCUT2D eigenvalue weighted by atomic mass is 19.1. The zero-order valence-corrected chi connectivity index (χ0v) is 19.9. The largest absolute Gasteiger partial charge is 0.497 e. The number of nitrogens with one attached hydrogen (secondary N) is 2. The van der Waals surface area contributed by atoms with Crippen LogP contribution in [0.2, 0.25) is 0 Å². The van der Waals surface area contributed by atoms with Crippen LogP contribution in [0.3, 0.4) is 0 Å². The van der Waals surface area contributed by atoms with Gasteiger partial charge in [0.15, 0.2) is 5.76 Å². The van der Waals surface area contributed by atoms with E-state index in [-0.39, 0.29) is 17.4 Å². The van der Waals surface area contributed by atoms with Crippen LogP contribution in [0.1, 0.15) is 47.8 Å². The molecule has 1 atom stereocenters. The summed E-state index contributed by atoms with van der Waals surface area (Å²) in [6.45, 7) is -0.446. The molecule has 1 heterocycles. The molecule has 1 fully saturated rings. The molecule has 0 aliphatic heterocycles. The van der Waals surface area contributed by atoms with Crippen LogP contribution in [0.5, 0.6) is 5.75 Å². The third-order valence-electron chi connectivity index (χ3n) is 6.15. The summed E-state index contributed by atoms with van der Waals surface area (Å²) in [5, 5.41) is 5.51. The second-order valence-corrected chi connectivity index (χ2v) is 8.54. The van der Waals surface area contributed by atoms with Crippen molar-refractivity contribution in [3.63, 3.8) is 0 Å². The number of hydrogen-bond donors (Lipinski definition) is 2. The first-order valence-electron chi connectivity index (χ1n) is 11.8. The number of amides is 3. The van der Waals surface area contributed by atoms with Crippen LogP contribution in [0.25, 0.3) is 0 Å². The molecule has 9 heteroatoms. The standard InChI is InChI=1S/C27H28FN3O5/c1-35-20-11-6-10-19(16-20)31(24(32)17-29-26(33)23-14-7-15-36-23)25(21-12-4-5-13-22(21)28)27(34)30-18-8-2-3-9-18/h4-7,10-16,18,25H,2-3,8-9,17H2,1H3,(H,29,33)(H,30,34). The Morgan fingerprint density at radius 2 is 1.86 bits per heavy atom. The molecule has 36 heavy (non-hydrogen) atoms. The first kappa shape index (κ1) is 25.0. The van der Waals surface area contributed by atoms with Gasteiger partial charge in [0.25, 0.3) is 5.91 Å². The average molecular weight is 494 g/mol. The second kappa shape index (κ2) is 11.5. The van der Waals surface area contributed by atoms with Crippen molar-refractivity contribution in [2.75, 3.05) is 18.6 Å². The van der Waals surface area contributed by atoms with Gasteiger partial charge in [-0.2, -0.15) is 0 Å². The van der Waals surface area contributed by atoms with Gasteiger partial charge < -0.3 is 19.8 Å². The molecule has 3 aromatic rings. The summed E-state index contributed by atoms with van der Waals surface area (Å²) < 4.78 is 25.5. The molecule has 0 spiro atoms. The first-order valence-corrected chi connectivity index (χ1v) is 11.8. The number of rotatable bonds is 9. The van der Waals surface area contributed by atoms with Crippen molar-refractivity contribution in [1.29, 1.82) is 0 Å². The maximum atomic E-state index is 15.1. The molecule has 3 amide bonds. The molecule has 4 rings (SSSR count). The maximum Gasteiger partial charge on any atom is 0.287 e. The smallest absolute Gasteiger partial charge is 0.287 e. The molecule has 1 saturated carbocycles. The van der Waals surface area contributed by atoms with E-state index < -0.39 is 36.1 Å². The quantitative estimate of drug-likeness (QED) is 0.470. The summed E-state index contributed by atoms with van der Waals surface area (Å²) in [5.41, 5.74) is 0.364. The molecule has 0 saturated heterocycles. The molecular weight excluding hydrogens is 465 g/mol. The zero-order valence-electron chi connectivity index (χ0n) is 19.9. The summed E-state index contributed by atoms with van der Waals surface area (Å²) in [6.07, 6.45) is 4.98. The van der Waals surface area contributed by atoms with Crippen molar-refractivity contribution in [3.8, 4) is 5.75 Å². The number of ether oxygens (including phenoxy) is 1. The van der Waals surface area contributed by atoms with Crippen LogP contribution in [-0.2, 0) is 9.59 Å². The lowest BCUT2D eigenvalue weighted by Gasteiger charge is -2.32. The van der Waals surface area contributed by atoms with Crippen molar-refractivity contribution in [2.24, 2.45) is 0 Å². The molecule has 1 unspecified atom stereocenters. The molecule has 188 valence electrons. The number of nitrogens with zero attached hydrogens (tertiary/aromatic N) is 1. The second-order valence-electron chi connectivity index (χ2n) is 8.54. The Kier molecular flexibility index (Phi) is 7.99. The molecule has 0 radical (unpaired) electrons. The van der Waals surface area contributed by atoms with E-state index >= 15 is 4.39 Å². The summed E-state index contributed by atoms with van der Waals surface area (Å²) in [6, 6.07) is 14.1. The lowest BCUT2D eigenvalue weighted by molar-refractivity contribution is -0.126. The Morgan fingerprint density at radius 1 is 1.08 bits per heavy atom. The van der Waals surface area contributed by atoms with Gasteiger partial charge in [-0.05, 0) is 43.2 Å². The van der Waals surface area contributed by atoms with Crippen LogP contribution < -0.4 is 20.3 Å². The predicted octanol–water partition coefficient (Wildman–Crippen LogP) is 3.99. The van der Waals surface area contributed by atoms with E-state index in [1.54, 1.807) is 36.4 Å². The third-order valence-corrected chi connectivity index (χ3v) is 6.15. The minimum absolute atomic E-state index is 0.0420. The molecule has 1 aliphatic rings. The fourth-order valence-corrected chi connectivity index (χ4v) is 4.38. The van der Waals surface area contributed by atoms with E-state index in [0.29, 0.717) is 11.4 Å². The van der Waals surface area contributed by atoms with Gasteiger partial charge in [0.05, 0.1) is 19.9 Å². The Balaban J connectivity index is 1.72. The molecule has 1 aliphatic carbocycles. The van der Waals surface area contributed by atoms with E-state index in [0.717, 1.165) is 25.7 Å². The molecular formula is C27H28FN3O5. The fourth-order valence-electron chi connectivity index (χ4n) is 4.38. The van der Waals surface area contributed by atoms with Crippen LogP contribution >= 0.6 is 0 Å². The Hall–Kier alpha value is -4.14. The van der Waals surface area contributed by atoms with E-state index in [1.807, 2.05) is 0 Å². The number of benzene rings is 2. The van der Waals surface area contributed by atoms with Crippen molar-refractivity contribution in [2.45, 2.75) is 37.8 Å². The molecule has 0 bridgehead atoms. The van der Waals surface area contributed by atoms with E-state index in [1.165, 1.54) is 42.5 Å². The lowest BCUT2D eigenvalue weighted by atomic mass is 10.0. The topological polar surface area (TPSA) is 101 Å². The fraction of sp³-hybridized carbons (Fsp3) is 0.296. The van der Waals surface area contributed by atoms with Crippen LogP contribution in [0.4, 0.5) is 10.1 Å². The Morgan fingerprint density at radius 3 is 2.56 bits per heavy atom. The van der Waals surface area contributed by atoms with Gasteiger partial charge >= 0.3 is 0 Å². The number of carbonyl (C=O) groups excluding carboxylic acids is 3. The van der Waals surface area contributed by atoms with E-state index in [9.17, 15) is 14.4 Å². The number of carbonyl (C=O) groups is 3. The van der Waals surface area contributed by atoms with Crippen LogP contribution in [0, 0.1) is 5.82 Å². The number of methoxy groups -OCH3 is 1. The normalized spacial score (nSPS) is 14.2. The summed E-state index contributed by atoms with van der Waals surface area (Å²) in [5.74, 6) is -1.83. The summed E-state index contributed by atoms with van der Waals surface area (Å²) >= 11 is 0. The maximum absolute atomic E-state index is 15.1. The zero-order chi connectivity index (χ0) is 25.5. The van der Waals surface area contributed by atoms with Crippen LogP contribution in [-0.4, -0.2) is 37.4 Å². The highest BCUT2D eigenvalue weighted by molar-refractivity contribution is 6.04. The molecule has 1 aromatic heterocycles. The van der Waals surface area contributed by atoms with Gasteiger partial charge in [-0.25, -0.2) is 4.39 Å². The van der Waals surface area contributed by atoms with Gasteiger partial charge in [-0.3, -0.25) is 19.3 Å². The van der Waals surface area contributed by atoms with Gasteiger partial charge in [0.2, 0.25) is 11.8 Å². The van der Waals surface area contributed by atoms with Gasteiger partial charge in [-0.15, -0.1) is 0 Å². The van der Waals surface area contributed by atoms with Crippen molar-refractivity contribution >= 4 is 23.4 Å². The van der Waals surface area contributed by atoms with E-state index in [4.69, 9.17) is 9.15 Å². The van der Waals surface area contributed by atoms with Crippen molar-refractivity contribution < 1.29 is 27.9 Å². The highest BCUT2D eigenvalue weighted by Crippen LogP contribution is 2.32. The minimum atomic E-state index is -1.31. The van der Waals surface area contributed by atoms with Crippen molar-refractivity contribution in [1.82, 2.24) is 10.6 Å². The van der Waals surface area contributed by atoms with Gasteiger partial charge in [0.1, 0.15) is 17.6 Å². The SMILES string of the molecule is COc1cccc(N(C(=O)CNC(=O)c2ccco2)C(C(=O)NC2CCCC2)c2ccccc2F)c1. The molecule has 2 N–H and O–H groups in total. The lowest BCUT2D eigenvalue weighted by Crippen LogP contribution is -2.49. The van der Waals surface area contributed by atoms with Gasteiger partial charge in [-0.1, -0.05) is 37.1 Å². The minimum Gasteiger partial charge on any atom is -0.497 e. The van der Waals surface area contributed by atoms with Crippen molar-refractivity contribution in [3.05, 3.63) is 84.1 Å². The monoisotopic (exact) mass is 493 g/mol. The predicted molar refractivity (Wildman–Crippen MR) is 131 cm³/mol. The first-order chi connectivity index (χ1) is 17.5. The number of halogens is 1. The van der Waals surface area contributed by atoms with Crippen LogP contribution in [0.15, 0.2) is 71.3 Å². The van der Waals surface area contributed by atoms with E-state index in [2.05, 4.69) is 10.6 Å². The molecule has 2 aromatic carbocycles. The number of anilines is 1. The third kappa shape index (κ3) is 5.73. The molecule has 8 nitrogen and oxygen atoms in total. The summed E-state index contributed by atoms with van der Waals surface area (Å²) in [7, 11) is 1.48. The average Bonchev–Trinajstić information content (AvgIpc) is 3.61. The Bertz CT molecular complexity index is 1210. The number of furan rings is 1. The highest BCUT2D eigenvalue weighted by Gasteiger charge is 2.36. The number of hydrogen-bond acceptors (Lipinski definition) is 5. The Labute approximate surface area is 208 Å².